The molecule has 9 heteroatoms. The fourth-order valence-electron chi connectivity index (χ4n) is 6.81. The maximum absolute atomic E-state index is 14.6. The highest BCUT2D eigenvalue weighted by atomic mass is 32.1. The Morgan fingerprint density at radius 2 is 2.11 bits per heavy atom. The number of carbonyl (C=O) groups excluding carboxylic acids is 1. The van der Waals surface area contributed by atoms with Crippen molar-refractivity contribution in [3.05, 3.63) is 58.9 Å². The molecule has 0 spiro atoms. The number of methoxy groups -OCH3 is 1. The molecule has 3 N–H and O–H groups in total. The van der Waals surface area contributed by atoms with Gasteiger partial charge < -0.3 is 10.1 Å². The van der Waals surface area contributed by atoms with E-state index in [1.54, 1.807) is 30.6 Å². The average Bonchev–Trinajstić information content (AvgIpc) is 3.55. The number of ether oxygens (including phenoxy) is 1. The predicted molar refractivity (Wildman–Crippen MR) is 147 cm³/mol. The molecule has 1 amide bonds. The topological polar surface area (TPSA) is 78.5 Å². The van der Waals surface area contributed by atoms with Gasteiger partial charge in [0.05, 0.1) is 28.9 Å². The highest BCUT2D eigenvalue weighted by Crippen LogP contribution is 2.41. The first-order valence-corrected chi connectivity index (χ1v) is 14.5. The number of hydrogen-bond acceptors (Lipinski definition) is 7. The molecular formula is C29H36FN5O2S. The first kappa shape index (κ1) is 25.7. The van der Waals surface area contributed by atoms with Gasteiger partial charge in [-0.2, -0.15) is 0 Å². The van der Waals surface area contributed by atoms with Gasteiger partial charge in [0.2, 0.25) is 5.91 Å². The largest absolute Gasteiger partial charge is 0.496 e. The lowest BCUT2D eigenvalue weighted by Crippen LogP contribution is -2.52. The number of nitrogens with zero attached hydrogens (tertiary/aromatic N) is 2. The molecule has 1 aromatic heterocycles. The van der Waals surface area contributed by atoms with Crippen LogP contribution in [0.1, 0.15) is 49.8 Å². The fraction of sp³-hybridized carbons (Fsp3) is 0.517. The number of nitrogens with one attached hydrogen (secondary N) is 3. The van der Waals surface area contributed by atoms with Gasteiger partial charge in [0.1, 0.15) is 11.6 Å². The maximum Gasteiger partial charge on any atom is 0.223 e. The van der Waals surface area contributed by atoms with Gasteiger partial charge in [0.25, 0.3) is 0 Å². The number of likely N-dealkylation sites (tertiary alicyclic amines) is 1. The van der Waals surface area contributed by atoms with E-state index in [2.05, 4.69) is 51.2 Å². The number of halogens is 1. The minimum Gasteiger partial charge on any atom is -0.496 e. The van der Waals surface area contributed by atoms with Crippen molar-refractivity contribution in [3.8, 4) is 5.75 Å². The zero-order chi connectivity index (χ0) is 26.2. The number of rotatable bonds is 6. The normalized spacial score (nSPS) is 29.8. The highest BCUT2D eigenvalue weighted by molar-refractivity contribution is 7.16. The van der Waals surface area contributed by atoms with E-state index in [4.69, 9.17) is 4.74 Å². The van der Waals surface area contributed by atoms with Crippen LogP contribution in [0.5, 0.6) is 5.75 Å². The quantitative estimate of drug-likeness (QED) is 0.433. The molecule has 7 nitrogen and oxygen atoms in total. The van der Waals surface area contributed by atoms with Gasteiger partial charge in [-0.25, -0.2) is 14.8 Å². The fourth-order valence-corrected chi connectivity index (χ4v) is 7.54. The van der Waals surface area contributed by atoms with E-state index in [1.165, 1.54) is 16.3 Å². The van der Waals surface area contributed by atoms with Gasteiger partial charge >= 0.3 is 0 Å². The number of aromatic nitrogens is 1. The summed E-state index contributed by atoms with van der Waals surface area (Å²) in [5.74, 6) is 1.27. The average molecular weight is 538 g/mol. The van der Waals surface area contributed by atoms with Crippen LogP contribution in [0.15, 0.2) is 41.9 Å². The van der Waals surface area contributed by atoms with E-state index < -0.39 is 0 Å². The van der Waals surface area contributed by atoms with Crippen LogP contribution in [0.4, 0.5) is 4.39 Å². The summed E-state index contributed by atoms with van der Waals surface area (Å²) in [6.45, 7) is 4.27. The van der Waals surface area contributed by atoms with Gasteiger partial charge in [0.15, 0.2) is 0 Å². The van der Waals surface area contributed by atoms with Crippen molar-refractivity contribution in [2.24, 2.45) is 17.8 Å². The van der Waals surface area contributed by atoms with Crippen molar-refractivity contribution in [1.29, 1.82) is 0 Å². The number of piperidine rings is 1. The summed E-state index contributed by atoms with van der Waals surface area (Å²) >= 11 is 1.66. The zero-order valence-electron chi connectivity index (χ0n) is 22.0. The van der Waals surface area contributed by atoms with Crippen LogP contribution in [0.3, 0.4) is 0 Å². The SMILES string of the molecule is COc1cccc(F)c1CN1C[C@H](C)C[C@H](NC(=O)C2CCC3NNC(c4ccc5ncsc5c4)C3C2)C1. The molecule has 6 rings (SSSR count). The number of amides is 1. The molecule has 6 atom stereocenters. The summed E-state index contributed by atoms with van der Waals surface area (Å²) in [6, 6.07) is 12.1. The van der Waals surface area contributed by atoms with E-state index in [0.29, 0.717) is 42.3 Å². The molecule has 2 aliphatic heterocycles. The molecule has 0 bridgehead atoms. The Morgan fingerprint density at radius 1 is 1.21 bits per heavy atom. The van der Waals surface area contributed by atoms with Crippen LogP contribution in [-0.2, 0) is 11.3 Å². The Bertz CT molecular complexity index is 1300. The molecule has 1 saturated carbocycles. The minimum atomic E-state index is -0.247. The van der Waals surface area contributed by atoms with Crippen molar-refractivity contribution in [2.75, 3.05) is 20.2 Å². The lowest BCUT2D eigenvalue weighted by molar-refractivity contribution is -0.127. The smallest absolute Gasteiger partial charge is 0.223 e. The molecule has 2 saturated heterocycles. The zero-order valence-corrected chi connectivity index (χ0v) is 22.8. The number of fused-ring (bicyclic) bond motifs is 2. The van der Waals surface area contributed by atoms with Crippen LogP contribution < -0.4 is 20.9 Å². The number of carbonyl (C=O) groups is 1. The molecule has 38 heavy (non-hydrogen) atoms. The van der Waals surface area contributed by atoms with Crippen molar-refractivity contribution in [3.63, 3.8) is 0 Å². The van der Waals surface area contributed by atoms with E-state index in [-0.39, 0.29) is 29.7 Å². The first-order chi connectivity index (χ1) is 18.5. The van der Waals surface area contributed by atoms with Crippen LogP contribution >= 0.6 is 11.3 Å². The Labute approximate surface area is 227 Å². The second-order valence-electron chi connectivity index (χ2n) is 11.3. The first-order valence-electron chi connectivity index (χ1n) is 13.7. The van der Waals surface area contributed by atoms with Gasteiger partial charge in [0, 0.05) is 43.2 Å². The van der Waals surface area contributed by atoms with Gasteiger partial charge in [-0.15, -0.1) is 11.3 Å². The minimum absolute atomic E-state index is 0.00456. The Morgan fingerprint density at radius 3 is 2.97 bits per heavy atom. The van der Waals surface area contributed by atoms with Crippen molar-refractivity contribution in [2.45, 2.75) is 57.3 Å². The van der Waals surface area contributed by atoms with Crippen LogP contribution in [-0.4, -0.2) is 48.1 Å². The molecule has 202 valence electrons. The van der Waals surface area contributed by atoms with Crippen LogP contribution in [0.25, 0.3) is 10.2 Å². The lowest BCUT2D eigenvalue weighted by atomic mass is 9.74. The summed E-state index contributed by atoms with van der Waals surface area (Å²) in [7, 11) is 1.58. The summed E-state index contributed by atoms with van der Waals surface area (Å²) in [6.07, 6.45) is 3.67. The number of hydrazine groups is 1. The number of hydrogen-bond donors (Lipinski definition) is 3. The van der Waals surface area contributed by atoms with Crippen molar-refractivity contribution < 1.29 is 13.9 Å². The molecule has 3 heterocycles. The molecule has 3 aliphatic rings. The summed E-state index contributed by atoms with van der Waals surface area (Å²) in [5.41, 5.74) is 11.8. The van der Waals surface area contributed by atoms with Crippen LogP contribution in [0, 0.1) is 23.6 Å². The number of thiazole rings is 1. The summed E-state index contributed by atoms with van der Waals surface area (Å²) in [4.78, 5) is 20.2. The molecular weight excluding hydrogens is 501 g/mol. The summed E-state index contributed by atoms with van der Waals surface area (Å²) < 4.78 is 21.2. The van der Waals surface area contributed by atoms with E-state index in [0.717, 1.165) is 37.7 Å². The molecule has 0 radical (unpaired) electrons. The Balaban J connectivity index is 1.10. The standard InChI is InChI=1S/C29H36FN5O2S/c1-17-10-20(14-35(13-17)15-22-23(30)4-3-5-26(22)37-2)32-29(36)19-7-8-24-21(11-19)28(34-33-24)18-6-9-25-27(12-18)38-16-31-25/h3-6,9,12,16-17,19-21,24,28,33-34H,7-8,10-11,13-15H2,1-2H3,(H,32,36)/t17-,19?,20+,21?,24?,28?/m1/s1. The lowest BCUT2D eigenvalue weighted by Gasteiger charge is -2.38. The van der Waals surface area contributed by atoms with Gasteiger partial charge in [-0.1, -0.05) is 19.1 Å². The molecule has 1 aliphatic carbocycles. The number of benzene rings is 2. The highest BCUT2D eigenvalue weighted by Gasteiger charge is 2.43. The third-order valence-corrected chi connectivity index (χ3v) is 9.39. The van der Waals surface area contributed by atoms with Gasteiger partial charge in [-0.3, -0.25) is 15.1 Å². The van der Waals surface area contributed by atoms with Crippen LogP contribution in [0.2, 0.25) is 0 Å². The predicted octanol–water partition coefficient (Wildman–Crippen LogP) is 4.40. The van der Waals surface area contributed by atoms with Gasteiger partial charge in [-0.05, 0) is 67.3 Å². The second-order valence-corrected chi connectivity index (χ2v) is 12.2. The molecule has 2 aromatic carbocycles. The summed E-state index contributed by atoms with van der Waals surface area (Å²) in [5, 5.41) is 3.38. The Hall–Kier alpha value is -2.59. The van der Waals surface area contributed by atoms with Crippen molar-refractivity contribution >= 4 is 27.5 Å². The van der Waals surface area contributed by atoms with E-state index in [9.17, 15) is 9.18 Å². The molecule has 3 aromatic rings. The monoisotopic (exact) mass is 537 g/mol. The third-order valence-electron chi connectivity index (χ3n) is 8.60. The molecule has 4 unspecified atom stereocenters. The maximum atomic E-state index is 14.6. The van der Waals surface area contributed by atoms with Crippen molar-refractivity contribution in [1.82, 2.24) is 26.1 Å². The molecule has 3 fully saturated rings. The third kappa shape index (κ3) is 5.17. The van der Waals surface area contributed by atoms with E-state index >= 15 is 0 Å². The second kappa shape index (κ2) is 10.9. The Kier molecular flexibility index (Phi) is 7.35. The van der Waals surface area contributed by atoms with E-state index in [1.807, 2.05) is 5.51 Å².